The summed E-state index contributed by atoms with van der Waals surface area (Å²) < 4.78 is 0.963. The minimum atomic E-state index is 0.671. The van der Waals surface area contributed by atoms with Crippen LogP contribution in [0.15, 0.2) is 10.7 Å². The fourth-order valence-corrected chi connectivity index (χ4v) is 2.64. The van der Waals surface area contributed by atoms with Gasteiger partial charge in [-0.1, -0.05) is 6.92 Å². The number of rotatable bonds is 4. The van der Waals surface area contributed by atoms with Gasteiger partial charge in [0.1, 0.15) is 5.82 Å². The van der Waals surface area contributed by atoms with E-state index in [2.05, 4.69) is 47.9 Å². The Bertz CT molecular complexity index is 390. The number of nitrogens with one attached hydrogen (secondary N) is 1. The molecule has 0 aliphatic carbocycles. The first-order valence-corrected chi connectivity index (χ1v) is 7.21. The van der Waals surface area contributed by atoms with Crippen molar-refractivity contribution in [1.29, 1.82) is 0 Å². The van der Waals surface area contributed by atoms with Crippen molar-refractivity contribution < 1.29 is 0 Å². The lowest BCUT2D eigenvalue weighted by Crippen LogP contribution is -2.47. The van der Waals surface area contributed by atoms with Gasteiger partial charge in [0.15, 0.2) is 0 Å². The normalized spacial score (nSPS) is 16.9. The Balaban J connectivity index is 2.04. The minimum absolute atomic E-state index is 0.671. The molecular formula is C12H20BrN5. The summed E-state index contributed by atoms with van der Waals surface area (Å²) in [5, 5.41) is 2.98. The number of nitrogens with zero attached hydrogens (tertiary/aromatic N) is 4. The molecule has 5 nitrogen and oxygen atoms in total. The molecule has 0 aromatic carbocycles. The van der Waals surface area contributed by atoms with Gasteiger partial charge in [0.25, 0.3) is 0 Å². The van der Waals surface area contributed by atoms with Crippen LogP contribution in [0.1, 0.15) is 13.3 Å². The van der Waals surface area contributed by atoms with Crippen LogP contribution in [0.25, 0.3) is 0 Å². The number of piperazine rings is 1. The molecule has 1 aromatic heterocycles. The van der Waals surface area contributed by atoms with Gasteiger partial charge in [-0.25, -0.2) is 4.98 Å². The number of halogens is 1. The van der Waals surface area contributed by atoms with Gasteiger partial charge in [-0.15, -0.1) is 0 Å². The molecule has 0 amide bonds. The van der Waals surface area contributed by atoms with Crippen molar-refractivity contribution in [3.05, 3.63) is 10.7 Å². The van der Waals surface area contributed by atoms with Gasteiger partial charge in [0, 0.05) is 39.4 Å². The fourth-order valence-electron chi connectivity index (χ4n) is 2.20. The van der Waals surface area contributed by atoms with Crippen molar-refractivity contribution in [3.63, 3.8) is 0 Å². The summed E-state index contributed by atoms with van der Waals surface area (Å²) >= 11 is 3.53. The fraction of sp³-hybridized carbons (Fsp3) is 0.667. The van der Waals surface area contributed by atoms with Crippen molar-refractivity contribution in [1.82, 2.24) is 14.9 Å². The van der Waals surface area contributed by atoms with Crippen LogP contribution >= 0.6 is 15.9 Å². The third-order valence-electron chi connectivity index (χ3n) is 3.16. The Morgan fingerprint density at radius 3 is 2.67 bits per heavy atom. The maximum atomic E-state index is 4.52. The van der Waals surface area contributed by atoms with Crippen molar-refractivity contribution in [2.75, 3.05) is 50.0 Å². The van der Waals surface area contributed by atoms with Crippen LogP contribution in [-0.2, 0) is 0 Å². The molecule has 1 aliphatic heterocycles. The van der Waals surface area contributed by atoms with Crippen molar-refractivity contribution in [2.24, 2.45) is 0 Å². The Labute approximate surface area is 117 Å². The molecule has 0 radical (unpaired) electrons. The molecule has 0 bridgehead atoms. The third kappa shape index (κ3) is 3.11. The van der Waals surface area contributed by atoms with Crippen LogP contribution in [0.4, 0.5) is 11.8 Å². The highest BCUT2D eigenvalue weighted by molar-refractivity contribution is 9.10. The molecule has 1 fully saturated rings. The van der Waals surface area contributed by atoms with Crippen LogP contribution in [0.3, 0.4) is 0 Å². The Hall–Kier alpha value is -0.880. The van der Waals surface area contributed by atoms with Gasteiger partial charge < -0.3 is 10.2 Å². The topological polar surface area (TPSA) is 44.3 Å². The van der Waals surface area contributed by atoms with Gasteiger partial charge in [0.05, 0.1) is 4.47 Å². The van der Waals surface area contributed by atoms with E-state index in [1.54, 1.807) is 0 Å². The van der Waals surface area contributed by atoms with E-state index in [4.69, 9.17) is 0 Å². The zero-order valence-electron chi connectivity index (χ0n) is 11.0. The Morgan fingerprint density at radius 1 is 1.33 bits per heavy atom. The molecule has 0 unspecified atom stereocenters. The largest absolute Gasteiger partial charge is 0.357 e. The van der Waals surface area contributed by atoms with E-state index in [-0.39, 0.29) is 0 Å². The molecule has 18 heavy (non-hydrogen) atoms. The van der Waals surface area contributed by atoms with Crippen LogP contribution in [0.5, 0.6) is 0 Å². The quantitative estimate of drug-likeness (QED) is 0.918. The zero-order chi connectivity index (χ0) is 13.0. The highest BCUT2D eigenvalue weighted by Gasteiger charge is 2.19. The van der Waals surface area contributed by atoms with Gasteiger partial charge in [-0.3, -0.25) is 4.90 Å². The lowest BCUT2D eigenvalue weighted by molar-refractivity contribution is 0.258. The van der Waals surface area contributed by atoms with Crippen LogP contribution in [0, 0.1) is 0 Å². The smallest absolute Gasteiger partial charge is 0.224 e. The number of hydrogen-bond acceptors (Lipinski definition) is 5. The summed E-state index contributed by atoms with van der Waals surface area (Å²) in [4.78, 5) is 13.5. The summed E-state index contributed by atoms with van der Waals surface area (Å²) in [5.41, 5.74) is 0. The van der Waals surface area contributed by atoms with E-state index in [1.165, 1.54) is 13.0 Å². The van der Waals surface area contributed by atoms with Crippen molar-refractivity contribution >= 4 is 27.7 Å². The summed E-state index contributed by atoms with van der Waals surface area (Å²) in [6.45, 7) is 7.70. The third-order valence-corrected chi connectivity index (χ3v) is 3.72. The SMILES string of the molecule is CCCN1CCN(c2nc(NC)ncc2Br)CC1. The molecule has 0 atom stereocenters. The standard InChI is InChI=1S/C12H20BrN5/c1-3-4-17-5-7-18(8-6-17)11-10(13)9-15-12(14-2)16-11/h9H,3-8H2,1-2H3,(H,14,15,16). The first-order chi connectivity index (χ1) is 8.74. The monoisotopic (exact) mass is 313 g/mol. The second-order valence-corrected chi connectivity index (χ2v) is 5.30. The van der Waals surface area contributed by atoms with Gasteiger partial charge in [-0.2, -0.15) is 4.98 Å². The van der Waals surface area contributed by atoms with Gasteiger partial charge in [-0.05, 0) is 28.9 Å². The molecular weight excluding hydrogens is 294 g/mol. The molecule has 2 heterocycles. The average molecular weight is 314 g/mol. The van der Waals surface area contributed by atoms with Crippen molar-refractivity contribution in [3.8, 4) is 0 Å². The zero-order valence-corrected chi connectivity index (χ0v) is 12.6. The first-order valence-electron chi connectivity index (χ1n) is 6.42. The number of anilines is 2. The second kappa shape index (κ2) is 6.33. The number of aromatic nitrogens is 2. The first kappa shape index (κ1) is 13.5. The van der Waals surface area contributed by atoms with E-state index >= 15 is 0 Å². The molecule has 0 spiro atoms. The Kier molecular flexibility index (Phi) is 4.77. The van der Waals surface area contributed by atoms with E-state index in [0.29, 0.717) is 5.95 Å². The van der Waals surface area contributed by atoms with Crippen LogP contribution < -0.4 is 10.2 Å². The minimum Gasteiger partial charge on any atom is -0.357 e. The Morgan fingerprint density at radius 2 is 2.06 bits per heavy atom. The predicted molar refractivity (Wildman–Crippen MR) is 78.2 cm³/mol. The highest BCUT2D eigenvalue weighted by Crippen LogP contribution is 2.25. The highest BCUT2D eigenvalue weighted by atomic mass is 79.9. The molecule has 1 saturated heterocycles. The lowest BCUT2D eigenvalue weighted by atomic mass is 10.3. The summed E-state index contributed by atoms with van der Waals surface area (Å²) in [6, 6.07) is 0. The molecule has 6 heteroatoms. The van der Waals surface area contributed by atoms with Crippen molar-refractivity contribution in [2.45, 2.75) is 13.3 Å². The van der Waals surface area contributed by atoms with Gasteiger partial charge in [0.2, 0.25) is 5.95 Å². The van der Waals surface area contributed by atoms with E-state index in [1.807, 2.05) is 13.2 Å². The molecule has 1 N–H and O–H groups in total. The number of hydrogen-bond donors (Lipinski definition) is 1. The van der Waals surface area contributed by atoms with E-state index in [0.717, 1.165) is 36.5 Å². The summed E-state index contributed by atoms with van der Waals surface area (Å²) in [7, 11) is 1.84. The molecule has 2 rings (SSSR count). The lowest BCUT2D eigenvalue weighted by Gasteiger charge is -2.35. The summed E-state index contributed by atoms with van der Waals surface area (Å²) in [5.74, 6) is 1.66. The van der Waals surface area contributed by atoms with E-state index < -0.39 is 0 Å². The molecule has 1 aliphatic rings. The average Bonchev–Trinajstić information content (AvgIpc) is 2.41. The summed E-state index contributed by atoms with van der Waals surface area (Å²) in [6.07, 6.45) is 3.04. The second-order valence-electron chi connectivity index (χ2n) is 4.44. The molecule has 1 aromatic rings. The maximum Gasteiger partial charge on any atom is 0.224 e. The van der Waals surface area contributed by atoms with Crippen LogP contribution in [0.2, 0.25) is 0 Å². The molecule has 100 valence electrons. The predicted octanol–water partition coefficient (Wildman–Crippen LogP) is 1.81. The maximum absolute atomic E-state index is 4.52. The van der Waals surface area contributed by atoms with Crippen LogP contribution in [-0.4, -0.2) is 54.6 Å². The van der Waals surface area contributed by atoms with Gasteiger partial charge >= 0.3 is 0 Å². The molecule has 0 saturated carbocycles. The van der Waals surface area contributed by atoms with E-state index in [9.17, 15) is 0 Å².